The van der Waals surface area contributed by atoms with Crippen LogP contribution in [0.5, 0.6) is 11.5 Å². The van der Waals surface area contributed by atoms with E-state index in [9.17, 15) is 14.4 Å². The predicted molar refractivity (Wildman–Crippen MR) is 116 cm³/mol. The van der Waals surface area contributed by atoms with Gasteiger partial charge in [0.15, 0.2) is 0 Å². The van der Waals surface area contributed by atoms with Crippen LogP contribution in [-0.2, 0) is 9.59 Å². The van der Waals surface area contributed by atoms with Crippen molar-refractivity contribution in [3.05, 3.63) is 59.7 Å². The van der Waals surface area contributed by atoms with Gasteiger partial charge in [0.2, 0.25) is 11.8 Å². The zero-order valence-electron chi connectivity index (χ0n) is 17.7. The number of nitrogens with one attached hydrogen (secondary N) is 1. The fourth-order valence-electron chi connectivity index (χ4n) is 4.21. The van der Waals surface area contributed by atoms with Crippen LogP contribution < -0.4 is 19.7 Å². The fraction of sp³-hybridized carbons (Fsp3) is 0.292. The van der Waals surface area contributed by atoms with Gasteiger partial charge in [-0.3, -0.25) is 14.4 Å². The molecule has 1 fully saturated rings. The Labute approximate surface area is 180 Å². The van der Waals surface area contributed by atoms with Crippen molar-refractivity contribution in [2.75, 3.05) is 24.4 Å². The zero-order valence-corrected chi connectivity index (χ0v) is 17.7. The first-order valence-corrected chi connectivity index (χ1v) is 10.1. The Balaban J connectivity index is 1.65. The zero-order chi connectivity index (χ0) is 22.1. The molecule has 2 aliphatic rings. The van der Waals surface area contributed by atoms with Crippen LogP contribution in [0.15, 0.2) is 54.1 Å². The molecule has 0 aromatic heterocycles. The van der Waals surface area contributed by atoms with Crippen molar-refractivity contribution in [3.8, 4) is 11.5 Å². The lowest BCUT2D eigenvalue weighted by atomic mass is 9.82. The highest BCUT2D eigenvalue weighted by molar-refractivity contribution is 6.25. The maximum atomic E-state index is 13.1. The Morgan fingerprint density at radius 1 is 1.00 bits per heavy atom. The van der Waals surface area contributed by atoms with Gasteiger partial charge < -0.3 is 14.8 Å². The Morgan fingerprint density at radius 2 is 1.65 bits per heavy atom. The van der Waals surface area contributed by atoms with Gasteiger partial charge in [-0.1, -0.05) is 23.8 Å². The second-order valence-corrected chi connectivity index (χ2v) is 7.79. The van der Waals surface area contributed by atoms with Gasteiger partial charge in [-0.15, -0.1) is 0 Å². The van der Waals surface area contributed by atoms with E-state index in [1.807, 2.05) is 13.0 Å². The number of carbonyl (C=O) groups excluding carboxylic acids is 3. The molecule has 0 radical (unpaired) electrons. The molecular formula is C24H24N2O5. The van der Waals surface area contributed by atoms with Gasteiger partial charge >= 0.3 is 0 Å². The van der Waals surface area contributed by atoms with E-state index in [2.05, 4.69) is 5.32 Å². The molecule has 4 rings (SSSR count). The summed E-state index contributed by atoms with van der Waals surface area (Å²) in [6, 6.07) is 11.7. The third kappa shape index (κ3) is 3.79. The maximum Gasteiger partial charge on any atom is 0.257 e. The highest BCUT2D eigenvalue weighted by Gasteiger charge is 2.49. The quantitative estimate of drug-likeness (QED) is 0.587. The molecular weight excluding hydrogens is 396 g/mol. The summed E-state index contributed by atoms with van der Waals surface area (Å²) in [7, 11) is 3.05. The average molecular weight is 420 g/mol. The number of imide groups is 1. The number of fused-ring (bicyclic) bond motifs is 1. The first-order valence-electron chi connectivity index (χ1n) is 10.1. The van der Waals surface area contributed by atoms with Gasteiger partial charge in [-0.25, -0.2) is 4.90 Å². The van der Waals surface area contributed by atoms with Gasteiger partial charge in [-0.05, 0) is 31.9 Å². The fourth-order valence-corrected chi connectivity index (χ4v) is 4.21. The van der Waals surface area contributed by atoms with Crippen LogP contribution in [0.4, 0.5) is 11.4 Å². The van der Waals surface area contributed by atoms with Crippen molar-refractivity contribution in [1.29, 1.82) is 0 Å². The Bertz CT molecular complexity index is 1070. The number of nitrogens with zero attached hydrogens (tertiary/aromatic N) is 1. The van der Waals surface area contributed by atoms with Gasteiger partial charge in [0, 0.05) is 23.9 Å². The molecule has 1 heterocycles. The van der Waals surface area contributed by atoms with Crippen molar-refractivity contribution in [2.45, 2.75) is 19.8 Å². The number of hydrogen-bond donors (Lipinski definition) is 1. The van der Waals surface area contributed by atoms with E-state index in [0.717, 1.165) is 5.57 Å². The maximum absolute atomic E-state index is 13.1. The van der Waals surface area contributed by atoms with E-state index >= 15 is 0 Å². The lowest BCUT2D eigenvalue weighted by Gasteiger charge is -2.19. The first-order chi connectivity index (χ1) is 14.9. The molecule has 1 aliphatic carbocycles. The lowest BCUT2D eigenvalue weighted by molar-refractivity contribution is -0.122. The summed E-state index contributed by atoms with van der Waals surface area (Å²) in [5.41, 5.74) is 2.14. The molecule has 160 valence electrons. The number of allylic oxidation sites excluding steroid dienone is 2. The number of carbonyl (C=O) groups is 3. The summed E-state index contributed by atoms with van der Waals surface area (Å²) in [4.78, 5) is 40.5. The first kappa shape index (κ1) is 20.7. The van der Waals surface area contributed by atoms with Crippen molar-refractivity contribution < 1.29 is 23.9 Å². The Hall–Kier alpha value is -3.61. The Morgan fingerprint density at radius 3 is 2.32 bits per heavy atom. The van der Waals surface area contributed by atoms with Gasteiger partial charge in [0.05, 0.1) is 37.3 Å². The highest BCUT2D eigenvalue weighted by atomic mass is 16.5. The second-order valence-electron chi connectivity index (χ2n) is 7.79. The molecule has 3 amide bonds. The number of benzene rings is 2. The summed E-state index contributed by atoms with van der Waals surface area (Å²) in [5.74, 6) is -0.603. The minimum atomic E-state index is -0.435. The van der Waals surface area contributed by atoms with E-state index in [0.29, 0.717) is 35.7 Å². The summed E-state index contributed by atoms with van der Waals surface area (Å²) in [5, 5.41) is 2.81. The van der Waals surface area contributed by atoms with Gasteiger partial charge in [-0.2, -0.15) is 0 Å². The van der Waals surface area contributed by atoms with E-state index in [1.54, 1.807) is 42.5 Å². The third-order valence-electron chi connectivity index (χ3n) is 5.82. The molecule has 2 aromatic rings. The molecule has 1 saturated heterocycles. The van der Waals surface area contributed by atoms with Crippen molar-refractivity contribution >= 4 is 29.1 Å². The molecule has 1 N–H and O–H groups in total. The number of rotatable bonds is 5. The van der Waals surface area contributed by atoms with E-state index in [1.165, 1.54) is 19.1 Å². The highest BCUT2D eigenvalue weighted by Crippen LogP contribution is 2.40. The largest absolute Gasteiger partial charge is 0.497 e. The number of anilines is 2. The minimum Gasteiger partial charge on any atom is -0.497 e. The number of methoxy groups -OCH3 is 2. The minimum absolute atomic E-state index is 0.245. The topological polar surface area (TPSA) is 84.9 Å². The molecule has 2 atom stereocenters. The summed E-state index contributed by atoms with van der Waals surface area (Å²) < 4.78 is 10.5. The van der Waals surface area contributed by atoms with Crippen LogP contribution in [0.1, 0.15) is 30.1 Å². The van der Waals surface area contributed by atoms with Crippen molar-refractivity contribution in [2.24, 2.45) is 11.8 Å². The molecule has 31 heavy (non-hydrogen) atoms. The van der Waals surface area contributed by atoms with Crippen LogP contribution in [0.25, 0.3) is 0 Å². The number of hydrogen-bond acceptors (Lipinski definition) is 5. The van der Waals surface area contributed by atoms with Crippen molar-refractivity contribution in [3.63, 3.8) is 0 Å². The number of para-hydroxylation sites is 1. The standard InChI is InChI=1S/C24H24N2O5/c1-14-8-9-18-20(10-14)24(29)26(23(18)28)21-7-5-4-6-19(21)22(27)25-15-11-16(30-2)13-17(12-15)31-3/h4-8,11-13,18,20H,9-10H2,1-3H3,(H,25,27)/t18-,20-/m0/s1. The molecule has 7 nitrogen and oxygen atoms in total. The summed E-state index contributed by atoms with van der Waals surface area (Å²) in [6.07, 6.45) is 3.14. The van der Waals surface area contributed by atoms with Crippen molar-refractivity contribution in [1.82, 2.24) is 0 Å². The number of amides is 3. The average Bonchev–Trinajstić information content (AvgIpc) is 3.02. The molecule has 0 spiro atoms. The lowest BCUT2D eigenvalue weighted by Crippen LogP contribution is -2.33. The predicted octanol–water partition coefficient (Wildman–Crippen LogP) is 3.80. The molecule has 0 bridgehead atoms. The molecule has 1 aliphatic heterocycles. The monoisotopic (exact) mass is 420 g/mol. The molecule has 7 heteroatoms. The Kier molecular flexibility index (Phi) is 5.50. The van der Waals surface area contributed by atoms with E-state index < -0.39 is 5.91 Å². The normalized spacial score (nSPS) is 20.2. The van der Waals surface area contributed by atoms with Gasteiger partial charge in [0.25, 0.3) is 5.91 Å². The second kappa shape index (κ2) is 8.26. The smallest absolute Gasteiger partial charge is 0.257 e. The summed E-state index contributed by atoms with van der Waals surface area (Å²) in [6.45, 7) is 1.97. The SMILES string of the molecule is COc1cc(NC(=O)c2ccccc2N2C(=O)[C@H]3CC=C(C)C[C@@H]3C2=O)cc(OC)c1. The number of ether oxygens (including phenoxy) is 2. The van der Waals surface area contributed by atoms with Crippen LogP contribution in [-0.4, -0.2) is 31.9 Å². The van der Waals surface area contributed by atoms with E-state index in [-0.39, 0.29) is 29.2 Å². The van der Waals surface area contributed by atoms with Crippen LogP contribution in [0, 0.1) is 11.8 Å². The van der Waals surface area contributed by atoms with Crippen LogP contribution >= 0.6 is 0 Å². The van der Waals surface area contributed by atoms with Gasteiger partial charge in [0.1, 0.15) is 11.5 Å². The van der Waals surface area contributed by atoms with E-state index in [4.69, 9.17) is 9.47 Å². The third-order valence-corrected chi connectivity index (χ3v) is 5.82. The molecule has 2 aromatic carbocycles. The molecule has 0 unspecified atom stereocenters. The molecule has 0 saturated carbocycles. The van der Waals surface area contributed by atoms with Crippen LogP contribution in [0.3, 0.4) is 0 Å². The van der Waals surface area contributed by atoms with Crippen LogP contribution in [0.2, 0.25) is 0 Å². The summed E-state index contributed by atoms with van der Waals surface area (Å²) >= 11 is 0.